The molecule has 0 fully saturated rings. The van der Waals surface area contributed by atoms with Gasteiger partial charge in [-0.05, 0) is 18.1 Å². The highest BCUT2D eigenvalue weighted by molar-refractivity contribution is 5.25. The molecule has 0 bridgehead atoms. The molecule has 1 aromatic carbocycles. The van der Waals surface area contributed by atoms with Gasteiger partial charge in [-0.15, -0.1) is 0 Å². The number of aliphatic hydroxyl groups is 2. The van der Waals surface area contributed by atoms with Crippen LogP contribution in [0, 0.1) is 6.92 Å². The molecule has 1 atom stereocenters. The highest BCUT2D eigenvalue weighted by atomic mass is 16.3. The predicted molar refractivity (Wildman–Crippen MR) is 42.9 cm³/mol. The van der Waals surface area contributed by atoms with E-state index >= 15 is 0 Å². The first-order valence-electron chi connectivity index (χ1n) is 3.45. The van der Waals surface area contributed by atoms with Crippen molar-refractivity contribution in [3.63, 3.8) is 0 Å². The smallest absolute Gasteiger partial charge is 0.102 e. The van der Waals surface area contributed by atoms with Gasteiger partial charge in [0.1, 0.15) is 6.10 Å². The Kier molecular flexibility index (Phi) is 2.63. The molecule has 1 rings (SSSR count). The van der Waals surface area contributed by atoms with Gasteiger partial charge in [0.15, 0.2) is 0 Å². The van der Waals surface area contributed by atoms with Gasteiger partial charge >= 0.3 is 0 Å². The van der Waals surface area contributed by atoms with Gasteiger partial charge < -0.3 is 10.2 Å². The molecule has 0 saturated heterocycles. The Morgan fingerprint density at radius 2 is 1.82 bits per heavy atom. The van der Waals surface area contributed by atoms with Crippen molar-refractivity contribution in [2.45, 2.75) is 6.10 Å². The number of hydrogen-bond acceptors (Lipinski definition) is 2. The summed E-state index contributed by atoms with van der Waals surface area (Å²) in [4.78, 5) is 0. The van der Waals surface area contributed by atoms with Crippen LogP contribution in [0.3, 0.4) is 0 Å². The predicted octanol–water partition coefficient (Wildman–Crippen LogP) is 0.894. The SMILES string of the molecule is [CH2]c1ccc(C(O)CO)cc1. The van der Waals surface area contributed by atoms with E-state index in [0.29, 0.717) is 0 Å². The number of rotatable bonds is 2. The molecule has 0 aromatic heterocycles. The summed E-state index contributed by atoms with van der Waals surface area (Å²) >= 11 is 0. The highest BCUT2D eigenvalue weighted by Crippen LogP contribution is 2.11. The van der Waals surface area contributed by atoms with Gasteiger partial charge in [-0.1, -0.05) is 24.3 Å². The minimum absolute atomic E-state index is 0.240. The van der Waals surface area contributed by atoms with Crippen molar-refractivity contribution in [1.82, 2.24) is 0 Å². The van der Waals surface area contributed by atoms with Crippen molar-refractivity contribution in [1.29, 1.82) is 0 Å². The Hall–Kier alpha value is -0.860. The van der Waals surface area contributed by atoms with Crippen molar-refractivity contribution in [3.05, 3.63) is 42.3 Å². The molecular weight excluding hydrogens is 140 g/mol. The molecule has 0 saturated carbocycles. The van der Waals surface area contributed by atoms with Crippen molar-refractivity contribution in [2.75, 3.05) is 6.61 Å². The lowest BCUT2D eigenvalue weighted by Gasteiger charge is -2.06. The van der Waals surface area contributed by atoms with Gasteiger partial charge in [-0.25, -0.2) is 0 Å². The van der Waals surface area contributed by atoms with E-state index < -0.39 is 6.10 Å². The fraction of sp³-hybridized carbons (Fsp3) is 0.222. The van der Waals surface area contributed by atoms with E-state index in [4.69, 9.17) is 10.2 Å². The first-order chi connectivity index (χ1) is 5.24. The zero-order valence-corrected chi connectivity index (χ0v) is 6.20. The molecule has 0 aliphatic rings. The molecule has 1 unspecified atom stereocenters. The lowest BCUT2D eigenvalue weighted by atomic mass is 10.1. The van der Waals surface area contributed by atoms with Gasteiger partial charge in [0, 0.05) is 0 Å². The van der Waals surface area contributed by atoms with Crippen molar-refractivity contribution >= 4 is 0 Å². The number of aliphatic hydroxyl groups excluding tert-OH is 2. The van der Waals surface area contributed by atoms with E-state index in [1.807, 2.05) is 0 Å². The van der Waals surface area contributed by atoms with Crippen LogP contribution in [0.25, 0.3) is 0 Å². The second-order valence-corrected chi connectivity index (χ2v) is 2.44. The molecule has 11 heavy (non-hydrogen) atoms. The van der Waals surface area contributed by atoms with Crippen LogP contribution in [0.4, 0.5) is 0 Å². The monoisotopic (exact) mass is 151 g/mol. The molecule has 0 heterocycles. The Morgan fingerprint density at radius 1 is 1.27 bits per heavy atom. The minimum Gasteiger partial charge on any atom is -0.393 e. The van der Waals surface area contributed by atoms with E-state index in [-0.39, 0.29) is 6.61 Å². The fourth-order valence-electron chi connectivity index (χ4n) is 0.845. The van der Waals surface area contributed by atoms with E-state index in [1.54, 1.807) is 24.3 Å². The van der Waals surface area contributed by atoms with Crippen LogP contribution in [0.1, 0.15) is 17.2 Å². The molecule has 59 valence electrons. The maximum absolute atomic E-state index is 9.15. The van der Waals surface area contributed by atoms with Crippen molar-refractivity contribution in [2.24, 2.45) is 0 Å². The number of hydrogen-bond donors (Lipinski definition) is 2. The van der Waals surface area contributed by atoms with Gasteiger partial charge in [0.25, 0.3) is 0 Å². The Morgan fingerprint density at radius 3 is 2.27 bits per heavy atom. The molecule has 2 nitrogen and oxygen atoms in total. The summed E-state index contributed by atoms with van der Waals surface area (Å²) in [5.74, 6) is 0. The molecule has 1 radical (unpaired) electrons. The fourth-order valence-corrected chi connectivity index (χ4v) is 0.845. The molecule has 2 N–H and O–H groups in total. The Labute approximate surface area is 66.1 Å². The van der Waals surface area contributed by atoms with Crippen LogP contribution in [-0.4, -0.2) is 16.8 Å². The normalized spacial score (nSPS) is 13.0. The van der Waals surface area contributed by atoms with Gasteiger partial charge in [-0.2, -0.15) is 0 Å². The van der Waals surface area contributed by atoms with Gasteiger partial charge in [0.2, 0.25) is 0 Å². The third kappa shape index (κ3) is 2.03. The van der Waals surface area contributed by atoms with Crippen LogP contribution in [0.15, 0.2) is 24.3 Å². The molecule has 0 spiro atoms. The zero-order valence-electron chi connectivity index (χ0n) is 6.20. The van der Waals surface area contributed by atoms with E-state index in [2.05, 4.69) is 6.92 Å². The summed E-state index contributed by atoms with van der Waals surface area (Å²) in [6, 6.07) is 7.11. The van der Waals surface area contributed by atoms with Gasteiger partial charge in [0.05, 0.1) is 6.61 Å². The summed E-state index contributed by atoms with van der Waals surface area (Å²) in [7, 11) is 0. The van der Waals surface area contributed by atoms with Crippen LogP contribution >= 0.6 is 0 Å². The summed E-state index contributed by atoms with van der Waals surface area (Å²) < 4.78 is 0. The lowest BCUT2D eigenvalue weighted by molar-refractivity contribution is 0.0956. The largest absolute Gasteiger partial charge is 0.393 e. The molecule has 0 aliphatic heterocycles. The van der Waals surface area contributed by atoms with Crippen LogP contribution in [0.5, 0.6) is 0 Å². The van der Waals surface area contributed by atoms with Gasteiger partial charge in [-0.3, -0.25) is 0 Å². The summed E-state index contributed by atoms with van der Waals surface area (Å²) in [5, 5.41) is 17.7. The van der Waals surface area contributed by atoms with E-state index in [9.17, 15) is 0 Å². The van der Waals surface area contributed by atoms with Crippen LogP contribution in [0.2, 0.25) is 0 Å². The first kappa shape index (κ1) is 8.24. The molecular formula is C9H11O2. The van der Waals surface area contributed by atoms with Crippen molar-refractivity contribution in [3.8, 4) is 0 Å². The van der Waals surface area contributed by atoms with Crippen LogP contribution in [-0.2, 0) is 0 Å². The maximum Gasteiger partial charge on any atom is 0.102 e. The second-order valence-electron chi connectivity index (χ2n) is 2.44. The lowest BCUT2D eigenvalue weighted by Crippen LogP contribution is -2.01. The maximum atomic E-state index is 9.15. The summed E-state index contributed by atoms with van der Waals surface area (Å²) in [5.41, 5.74) is 1.62. The topological polar surface area (TPSA) is 40.5 Å². The molecule has 0 aliphatic carbocycles. The van der Waals surface area contributed by atoms with E-state index in [1.165, 1.54) is 0 Å². The van der Waals surface area contributed by atoms with E-state index in [0.717, 1.165) is 11.1 Å². The third-order valence-electron chi connectivity index (χ3n) is 1.54. The molecule has 2 heteroatoms. The summed E-state index contributed by atoms with van der Waals surface area (Å²) in [6.45, 7) is 3.46. The third-order valence-corrected chi connectivity index (χ3v) is 1.54. The average Bonchev–Trinajstić information content (AvgIpc) is 2.05. The standard InChI is InChI=1S/C9H11O2/c1-7-2-4-8(5-3-7)9(11)6-10/h2-5,9-11H,1,6H2. The minimum atomic E-state index is -0.768. The van der Waals surface area contributed by atoms with Crippen LogP contribution < -0.4 is 0 Å². The summed E-state index contributed by atoms with van der Waals surface area (Å²) in [6.07, 6.45) is -0.768. The second kappa shape index (κ2) is 3.51. The zero-order chi connectivity index (χ0) is 8.27. The Bertz CT molecular complexity index is 216. The highest BCUT2D eigenvalue weighted by Gasteiger charge is 2.03. The quantitative estimate of drug-likeness (QED) is 0.659. The first-order valence-corrected chi connectivity index (χ1v) is 3.45. The number of benzene rings is 1. The Balaban J connectivity index is 2.81. The molecule has 0 amide bonds. The average molecular weight is 151 g/mol. The van der Waals surface area contributed by atoms with Crippen molar-refractivity contribution < 1.29 is 10.2 Å². The molecule has 1 aromatic rings.